The number of benzene rings is 2. The van der Waals surface area contributed by atoms with Gasteiger partial charge in [0.25, 0.3) is 0 Å². The van der Waals surface area contributed by atoms with Crippen LogP contribution in [0.2, 0.25) is 0 Å². The monoisotopic (exact) mass is 450 g/mol. The molecule has 0 spiro atoms. The SMILES string of the molecule is CCN1CCCC1CNCc1cccc(Oc2nnnn2-c2ccccc2)c1.Cl.Cl. The minimum absolute atomic E-state index is 0. The van der Waals surface area contributed by atoms with Crippen molar-refractivity contribution in [2.45, 2.75) is 32.4 Å². The zero-order valence-electron chi connectivity index (χ0n) is 17.0. The number of likely N-dealkylation sites (tertiary alicyclic amines) is 1. The fourth-order valence-electron chi connectivity index (χ4n) is 3.72. The van der Waals surface area contributed by atoms with Gasteiger partial charge in [0.1, 0.15) is 5.75 Å². The summed E-state index contributed by atoms with van der Waals surface area (Å²) in [5.41, 5.74) is 2.04. The summed E-state index contributed by atoms with van der Waals surface area (Å²) >= 11 is 0. The van der Waals surface area contributed by atoms with E-state index in [9.17, 15) is 0 Å². The number of tetrazole rings is 1. The van der Waals surface area contributed by atoms with Gasteiger partial charge in [-0.15, -0.1) is 24.8 Å². The Morgan fingerprint density at radius 1 is 1.10 bits per heavy atom. The summed E-state index contributed by atoms with van der Waals surface area (Å²) in [6.07, 6.45) is 2.59. The van der Waals surface area contributed by atoms with E-state index in [4.69, 9.17) is 4.74 Å². The largest absolute Gasteiger partial charge is 0.423 e. The molecule has 7 nitrogen and oxygen atoms in total. The van der Waals surface area contributed by atoms with E-state index in [1.165, 1.54) is 24.9 Å². The number of nitrogens with zero attached hydrogens (tertiary/aromatic N) is 5. The second-order valence-corrected chi connectivity index (χ2v) is 7.01. The summed E-state index contributed by atoms with van der Waals surface area (Å²) in [4.78, 5) is 2.55. The molecule has 1 aromatic heterocycles. The van der Waals surface area contributed by atoms with Crippen LogP contribution >= 0.6 is 24.8 Å². The van der Waals surface area contributed by atoms with Gasteiger partial charge < -0.3 is 10.1 Å². The Hall–Kier alpha value is -2.19. The fourth-order valence-corrected chi connectivity index (χ4v) is 3.72. The van der Waals surface area contributed by atoms with E-state index < -0.39 is 0 Å². The topological polar surface area (TPSA) is 68.1 Å². The summed E-state index contributed by atoms with van der Waals surface area (Å²) < 4.78 is 7.54. The lowest BCUT2D eigenvalue weighted by atomic mass is 10.2. The number of hydrogen-bond donors (Lipinski definition) is 1. The van der Waals surface area contributed by atoms with Crippen LogP contribution in [-0.2, 0) is 6.54 Å². The number of ether oxygens (including phenoxy) is 1. The van der Waals surface area contributed by atoms with E-state index in [-0.39, 0.29) is 24.8 Å². The zero-order chi connectivity index (χ0) is 19.2. The molecular weight excluding hydrogens is 423 g/mol. The highest BCUT2D eigenvalue weighted by Crippen LogP contribution is 2.22. The number of rotatable bonds is 8. The standard InChI is InChI=1S/C21H26N6O.2ClH/c1-2-26-13-7-11-19(26)16-22-15-17-8-6-12-20(14-17)28-21-23-24-25-27(21)18-9-4-3-5-10-18;;/h3-6,8-10,12,14,19,22H,2,7,11,13,15-16H2,1H3;2*1H. The van der Waals surface area contributed by atoms with Crippen LogP contribution in [0.25, 0.3) is 5.69 Å². The molecule has 9 heteroatoms. The normalized spacial score (nSPS) is 16.0. The van der Waals surface area contributed by atoms with E-state index in [1.54, 1.807) is 4.68 Å². The van der Waals surface area contributed by atoms with Gasteiger partial charge in [0, 0.05) is 19.1 Å². The highest BCUT2D eigenvalue weighted by molar-refractivity contribution is 5.85. The number of halogens is 2. The second-order valence-electron chi connectivity index (χ2n) is 7.01. The van der Waals surface area contributed by atoms with E-state index in [1.807, 2.05) is 48.5 Å². The molecule has 1 atom stereocenters. The minimum Gasteiger partial charge on any atom is -0.423 e. The Morgan fingerprint density at radius 2 is 1.93 bits per heavy atom. The first-order chi connectivity index (χ1) is 13.8. The predicted octanol–water partition coefficient (Wildman–Crippen LogP) is 3.87. The van der Waals surface area contributed by atoms with Crippen LogP contribution in [0.1, 0.15) is 25.3 Å². The van der Waals surface area contributed by atoms with Gasteiger partial charge in [-0.25, -0.2) is 0 Å². The zero-order valence-corrected chi connectivity index (χ0v) is 18.6. The summed E-state index contributed by atoms with van der Waals surface area (Å²) in [5, 5.41) is 15.4. The van der Waals surface area contributed by atoms with Crippen molar-refractivity contribution in [3.8, 4) is 17.4 Å². The first-order valence-electron chi connectivity index (χ1n) is 9.89. The maximum atomic E-state index is 5.95. The maximum Gasteiger partial charge on any atom is 0.345 e. The lowest BCUT2D eigenvalue weighted by Gasteiger charge is -2.23. The molecule has 1 aliphatic rings. The van der Waals surface area contributed by atoms with Crippen LogP contribution < -0.4 is 10.1 Å². The van der Waals surface area contributed by atoms with Gasteiger partial charge in [0.2, 0.25) is 0 Å². The Morgan fingerprint density at radius 3 is 2.73 bits per heavy atom. The Balaban J connectivity index is 0.00000160. The summed E-state index contributed by atoms with van der Waals surface area (Å²) in [6.45, 7) is 6.43. The minimum atomic E-state index is 0. The highest BCUT2D eigenvalue weighted by Gasteiger charge is 2.22. The van der Waals surface area contributed by atoms with Crippen molar-refractivity contribution in [1.82, 2.24) is 30.4 Å². The number of nitrogens with one attached hydrogen (secondary N) is 1. The van der Waals surface area contributed by atoms with Gasteiger partial charge in [-0.3, -0.25) is 4.90 Å². The molecule has 1 aliphatic heterocycles. The lowest BCUT2D eigenvalue weighted by molar-refractivity contribution is 0.260. The third-order valence-corrected chi connectivity index (χ3v) is 5.16. The summed E-state index contributed by atoms with van der Waals surface area (Å²) in [5.74, 6) is 0.724. The van der Waals surface area contributed by atoms with Crippen molar-refractivity contribution in [3.05, 3.63) is 60.2 Å². The molecule has 1 unspecified atom stereocenters. The quantitative estimate of drug-likeness (QED) is 0.561. The molecule has 0 aliphatic carbocycles. The fraction of sp³-hybridized carbons (Fsp3) is 0.381. The molecular formula is C21H28Cl2N6O. The van der Waals surface area contributed by atoms with Crippen LogP contribution in [0.4, 0.5) is 0 Å². The average molecular weight is 451 g/mol. The lowest BCUT2D eigenvalue weighted by Crippen LogP contribution is -2.37. The molecule has 0 radical (unpaired) electrons. The smallest absolute Gasteiger partial charge is 0.345 e. The number of aromatic nitrogens is 4. The average Bonchev–Trinajstić information content (AvgIpc) is 3.38. The van der Waals surface area contributed by atoms with Crippen LogP contribution in [0.5, 0.6) is 11.8 Å². The van der Waals surface area contributed by atoms with Crippen molar-refractivity contribution in [2.75, 3.05) is 19.6 Å². The molecule has 2 heterocycles. The van der Waals surface area contributed by atoms with Crippen molar-refractivity contribution in [2.24, 2.45) is 0 Å². The first-order valence-corrected chi connectivity index (χ1v) is 9.89. The summed E-state index contributed by atoms with van der Waals surface area (Å²) in [7, 11) is 0. The molecule has 0 saturated carbocycles. The van der Waals surface area contributed by atoms with Crippen LogP contribution in [-0.4, -0.2) is 50.8 Å². The van der Waals surface area contributed by atoms with Gasteiger partial charge in [-0.1, -0.05) is 42.4 Å². The predicted molar refractivity (Wildman–Crippen MR) is 122 cm³/mol. The first kappa shape index (κ1) is 24.1. The molecule has 0 amide bonds. The van der Waals surface area contributed by atoms with Crippen LogP contribution in [0, 0.1) is 0 Å². The van der Waals surface area contributed by atoms with Crippen molar-refractivity contribution < 1.29 is 4.74 Å². The second kappa shape index (κ2) is 11.9. The third kappa shape index (κ3) is 5.92. The molecule has 1 fully saturated rings. The van der Waals surface area contributed by atoms with E-state index in [0.29, 0.717) is 12.1 Å². The number of likely N-dealkylation sites (N-methyl/N-ethyl adjacent to an activating group) is 1. The van der Waals surface area contributed by atoms with Gasteiger partial charge in [0.15, 0.2) is 0 Å². The maximum absolute atomic E-state index is 5.95. The molecule has 1 N–H and O–H groups in total. The molecule has 162 valence electrons. The summed E-state index contributed by atoms with van der Waals surface area (Å²) in [6, 6.07) is 18.8. The van der Waals surface area contributed by atoms with E-state index >= 15 is 0 Å². The molecule has 3 aromatic rings. The molecule has 4 rings (SSSR count). The highest BCUT2D eigenvalue weighted by atomic mass is 35.5. The van der Waals surface area contributed by atoms with Crippen molar-refractivity contribution in [1.29, 1.82) is 0 Å². The Bertz CT molecular complexity index is 892. The Labute approximate surface area is 189 Å². The third-order valence-electron chi connectivity index (χ3n) is 5.16. The molecule has 30 heavy (non-hydrogen) atoms. The van der Waals surface area contributed by atoms with Crippen LogP contribution in [0.15, 0.2) is 54.6 Å². The van der Waals surface area contributed by atoms with E-state index in [2.05, 4.69) is 38.7 Å². The molecule has 2 aromatic carbocycles. The number of hydrogen-bond acceptors (Lipinski definition) is 6. The van der Waals surface area contributed by atoms with E-state index in [0.717, 1.165) is 31.1 Å². The van der Waals surface area contributed by atoms with Crippen molar-refractivity contribution in [3.63, 3.8) is 0 Å². The molecule has 0 bridgehead atoms. The van der Waals surface area contributed by atoms with Gasteiger partial charge in [-0.2, -0.15) is 4.68 Å². The van der Waals surface area contributed by atoms with Crippen molar-refractivity contribution >= 4 is 24.8 Å². The van der Waals surface area contributed by atoms with Gasteiger partial charge in [0.05, 0.1) is 5.69 Å². The Kier molecular flexibility index (Phi) is 9.52. The number of para-hydroxylation sites is 1. The van der Waals surface area contributed by atoms with Gasteiger partial charge >= 0.3 is 6.01 Å². The molecule has 1 saturated heterocycles. The van der Waals surface area contributed by atoms with Gasteiger partial charge in [-0.05, 0) is 66.2 Å². The van der Waals surface area contributed by atoms with Crippen LogP contribution in [0.3, 0.4) is 0 Å².